The molecule has 12 heteroatoms. The number of anilines is 1. The van der Waals surface area contributed by atoms with E-state index in [-0.39, 0.29) is 41.3 Å². The van der Waals surface area contributed by atoms with Gasteiger partial charge < -0.3 is 26.2 Å². The van der Waals surface area contributed by atoms with E-state index in [0.717, 1.165) is 34.4 Å². The Morgan fingerprint density at radius 1 is 0.708 bits per heavy atom. The average Bonchev–Trinajstić information content (AvgIpc) is 3.04. The Bertz CT molecular complexity index is 1960. The number of hydrogen-bond acceptors (Lipinski definition) is 4. The van der Waals surface area contributed by atoms with Crippen molar-refractivity contribution in [1.82, 2.24) is 10.6 Å². The second kappa shape index (κ2) is 13.2. The van der Waals surface area contributed by atoms with Gasteiger partial charge in [-0.05, 0) is 76.9 Å². The lowest BCUT2D eigenvalue weighted by molar-refractivity contribution is -0.143. The van der Waals surface area contributed by atoms with Crippen LogP contribution in [0.3, 0.4) is 0 Å². The van der Waals surface area contributed by atoms with Gasteiger partial charge in [0.15, 0.2) is 5.11 Å². The summed E-state index contributed by atoms with van der Waals surface area (Å²) in [6.45, 7) is 0.237. The van der Waals surface area contributed by atoms with E-state index in [0.29, 0.717) is 41.7 Å². The Balaban J connectivity index is 1.25. The first-order chi connectivity index (χ1) is 22.8. The highest BCUT2D eigenvalue weighted by molar-refractivity contribution is 7.80. The van der Waals surface area contributed by atoms with Crippen LogP contribution in [0.25, 0.3) is 32.7 Å². The number of nitrogens with one attached hydrogen (secondary N) is 3. The summed E-state index contributed by atoms with van der Waals surface area (Å²) >= 11 is 5.34. The maximum absolute atomic E-state index is 13.4. The molecule has 0 aromatic heterocycles. The Morgan fingerprint density at radius 2 is 1.29 bits per heavy atom. The highest BCUT2D eigenvalue weighted by atomic mass is 32.1. The first-order valence-electron chi connectivity index (χ1n) is 15.3. The Labute approximate surface area is 277 Å². The molecule has 1 saturated carbocycles. The van der Waals surface area contributed by atoms with Crippen molar-refractivity contribution >= 4 is 44.6 Å². The molecule has 1 aliphatic rings. The van der Waals surface area contributed by atoms with Gasteiger partial charge in [0.25, 0.3) is 0 Å². The van der Waals surface area contributed by atoms with Crippen molar-refractivity contribution in [2.75, 3.05) is 5.32 Å². The predicted molar refractivity (Wildman–Crippen MR) is 179 cm³/mol. The molecule has 5 aromatic carbocycles. The van der Waals surface area contributed by atoms with Crippen LogP contribution in [0.5, 0.6) is 11.5 Å². The molecule has 6 rings (SSSR count). The van der Waals surface area contributed by atoms with Crippen LogP contribution in [-0.4, -0.2) is 27.4 Å². The fourth-order valence-corrected chi connectivity index (χ4v) is 6.73. The molecule has 0 radical (unpaired) electrons. The topological polar surface area (TPSA) is 76.5 Å². The first-order valence-corrected chi connectivity index (χ1v) is 15.8. The van der Waals surface area contributed by atoms with Crippen molar-refractivity contribution < 1.29 is 36.6 Å². The normalized spacial score (nSPS) is 17.0. The molecule has 0 unspecified atom stereocenters. The molecule has 0 amide bonds. The van der Waals surface area contributed by atoms with E-state index >= 15 is 0 Å². The highest BCUT2D eigenvalue weighted by Gasteiger charge is 2.37. The number of fused-ring (bicyclic) bond motifs is 2. The maximum atomic E-state index is 13.4. The van der Waals surface area contributed by atoms with Crippen molar-refractivity contribution in [3.05, 3.63) is 102 Å². The largest absolute Gasteiger partial charge is 0.507 e. The van der Waals surface area contributed by atoms with Crippen LogP contribution in [-0.2, 0) is 18.9 Å². The van der Waals surface area contributed by atoms with Crippen molar-refractivity contribution in [1.29, 1.82) is 0 Å². The summed E-state index contributed by atoms with van der Waals surface area (Å²) in [7, 11) is 0. The molecule has 1 fully saturated rings. The zero-order valence-electron chi connectivity index (χ0n) is 25.3. The van der Waals surface area contributed by atoms with Crippen molar-refractivity contribution in [3.63, 3.8) is 0 Å². The summed E-state index contributed by atoms with van der Waals surface area (Å²) in [5.74, 6) is 0.0373. The summed E-state index contributed by atoms with van der Waals surface area (Å²) in [4.78, 5) is 0. The minimum absolute atomic E-state index is 0.00961. The lowest BCUT2D eigenvalue weighted by Crippen LogP contribution is -2.52. The van der Waals surface area contributed by atoms with E-state index < -0.39 is 29.2 Å². The molecule has 0 aliphatic heterocycles. The smallest absolute Gasteiger partial charge is 0.416 e. The van der Waals surface area contributed by atoms with Crippen LogP contribution in [0.15, 0.2) is 84.9 Å². The zero-order chi connectivity index (χ0) is 34.2. The second-order valence-electron chi connectivity index (χ2n) is 11.9. The number of halogens is 6. The lowest BCUT2D eigenvalue weighted by Gasteiger charge is -2.34. The van der Waals surface area contributed by atoms with Crippen molar-refractivity contribution in [2.45, 2.75) is 56.7 Å². The van der Waals surface area contributed by atoms with Crippen molar-refractivity contribution in [3.8, 4) is 22.6 Å². The average molecular weight is 684 g/mol. The third-order valence-corrected chi connectivity index (χ3v) is 8.96. The predicted octanol–water partition coefficient (Wildman–Crippen LogP) is 9.50. The van der Waals surface area contributed by atoms with Crippen LogP contribution in [0.1, 0.15) is 42.4 Å². The molecular weight excluding hydrogens is 652 g/mol. The monoisotopic (exact) mass is 683 g/mol. The quantitative estimate of drug-likeness (QED) is 0.0907. The van der Waals surface area contributed by atoms with Gasteiger partial charge >= 0.3 is 12.4 Å². The molecule has 1 aliphatic carbocycles. The number of hydrogen-bond donors (Lipinski definition) is 5. The Morgan fingerprint density at radius 3 is 1.94 bits per heavy atom. The summed E-state index contributed by atoms with van der Waals surface area (Å²) in [6, 6.07) is 21.2. The molecule has 0 heterocycles. The van der Waals surface area contributed by atoms with Gasteiger partial charge in [-0.3, -0.25) is 0 Å². The molecule has 5 N–H and O–H groups in total. The number of thiocarbonyl (C=S) groups is 1. The van der Waals surface area contributed by atoms with Gasteiger partial charge in [-0.25, -0.2) is 0 Å². The molecule has 5 nitrogen and oxygen atoms in total. The van der Waals surface area contributed by atoms with E-state index in [4.69, 9.17) is 12.2 Å². The molecule has 5 aromatic rings. The standard InChI is InChI=1S/C36H31F6N3O2S/c37-35(38,39)23-16-24(36(40,41)42)18-25(17-23)44-34(48)45-29-12-6-5-11-28(29)43-19-22-15-21-8-2-4-10-27(21)32(33(22)47)31-26-9-3-1-7-20(26)13-14-30(31)46/h1-4,7-10,13-18,28-29,43,46-47H,5-6,11-12,19H2,(H2,44,45,48)/t28-,29-/m1/s1. The second-order valence-corrected chi connectivity index (χ2v) is 12.3. The minimum atomic E-state index is -4.98. The van der Waals surface area contributed by atoms with E-state index in [1.54, 1.807) is 6.07 Å². The van der Waals surface area contributed by atoms with Crippen molar-refractivity contribution in [2.24, 2.45) is 0 Å². The number of aromatic hydroxyl groups is 2. The summed E-state index contributed by atoms with van der Waals surface area (Å²) in [5.41, 5.74) is -1.70. The van der Waals surface area contributed by atoms with Crippen LogP contribution >= 0.6 is 12.2 Å². The van der Waals surface area contributed by atoms with Gasteiger partial charge in [-0.1, -0.05) is 67.4 Å². The van der Waals surface area contributed by atoms with Gasteiger partial charge in [0.05, 0.1) is 11.1 Å². The number of rotatable bonds is 6. The number of phenols is 2. The van der Waals surface area contributed by atoms with Crippen LogP contribution in [0.2, 0.25) is 0 Å². The number of alkyl halides is 6. The summed E-state index contributed by atoms with van der Waals surface area (Å²) in [6.07, 6.45) is -6.87. The van der Waals surface area contributed by atoms with Gasteiger partial charge in [0.2, 0.25) is 0 Å². The van der Waals surface area contributed by atoms with Gasteiger partial charge in [0.1, 0.15) is 11.5 Å². The zero-order valence-corrected chi connectivity index (χ0v) is 26.2. The molecule has 48 heavy (non-hydrogen) atoms. The lowest BCUT2D eigenvalue weighted by atomic mass is 9.89. The van der Waals surface area contributed by atoms with Crippen LogP contribution < -0.4 is 16.0 Å². The van der Waals surface area contributed by atoms with E-state index in [2.05, 4.69) is 16.0 Å². The van der Waals surface area contributed by atoms with E-state index in [1.807, 2.05) is 60.7 Å². The van der Waals surface area contributed by atoms with E-state index in [1.165, 1.54) is 0 Å². The third-order valence-electron chi connectivity index (χ3n) is 8.74. The molecule has 0 saturated heterocycles. The Kier molecular flexibility index (Phi) is 9.14. The molecule has 2 atom stereocenters. The number of phenolic OH excluding ortho intramolecular Hbond substituents is 2. The Hall–Kier alpha value is -4.55. The third kappa shape index (κ3) is 7.00. The molecular formula is C36H31F6N3O2S. The minimum Gasteiger partial charge on any atom is -0.507 e. The van der Waals surface area contributed by atoms with E-state index in [9.17, 15) is 36.6 Å². The first kappa shape index (κ1) is 33.4. The highest BCUT2D eigenvalue weighted by Crippen LogP contribution is 2.46. The van der Waals surface area contributed by atoms with Crippen LogP contribution in [0.4, 0.5) is 32.0 Å². The fourth-order valence-electron chi connectivity index (χ4n) is 6.46. The van der Waals surface area contributed by atoms with Gasteiger partial charge in [0, 0.05) is 41.0 Å². The van der Waals surface area contributed by atoms with Gasteiger partial charge in [-0.15, -0.1) is 0 Å². The maximum Gasteiger partial charge on any atom is 0.416 e. The SMILES string of the molecule is Oc1ccc2ccccc2c1-c1c(O)c(CN[C@@H]2CCCC[C@H]2NC(=S)Nc2cc(C(F)(F)F)cc(C(F)(F)F)c2)cc2ccccc12. The molecule has 0 bridgehead atoms. The summed E-state index contributed by atoms with van der Waals surface area (Å²) in [5, 5.41) is 35.0. The summed E-state index contributed by atoms with van der Waals surface area (Å²) < 4.78 is 80.2. The van der Waals surface area contributed by atoms with Crippen LogP contribution in [0, 0.1) is 0 Å². The number of benzene rings is 5. The molecule has 250 valence electrons. The fraction of sp³-hybridized carbons (Fsp3) is 0.250. The molecule has 0 spiro atoms. The van der Waals surface area contributed by atoms with Gasteiger partial charge in [-0.2, -0.15) is 26.3 Å².